The maximum Gasteiger partial charge on any atom is 0.227 e. The molecule has 0 atom stereocenters. The lowest BCUT2D eigenvalue weighted by Crippen LogP contribution is -2.34. The number of benzene rings is 2. The average Bonchev–Trinajstić information content (AvgIpc) is 3.61. The maximum absolute atomic E-state index is 13.5. The number of amides is 1. The lowest BCUT2D eigenvalue weighted by Gasteiger charge is -2.23. The lowest BCUT2D eigenvalue weighted by atomic mass is 10.1. The summed E-state index contributed by atoms with van der Waals surface area (Å²) >= 11 is 0. The fraction of sp³-hybridized carbons (Fsp3) is 0.360. The van der Waals surface area contributed by atoms with E-state index in [1.54, 1.807) is 23.9 Å². The Hall–Kier alpha value is -3.19. The van der Waals surface area contributed by atoms with Crippen LogP contribution in [0.5, 0.6) is 11.6 Å². The van der Waals surface area contributed by atoms with Crippen molar-refractivity contribution in [2.24, 2.45) is 5.92 Å². The molecule has 6 nitrogen and oxygen atoms in total. The van der Waals surface area contributed by atoms with E-state index in [0.29, 0.717) is 43.4 Å². The topological polar surface area (TPSA) is 56.6 Å². The highest BCUT2D eigenvalue weighted by Crippen LogP contribution is 2.35. The van der Waals surface area contributed by atoms with Gasteiger partial charge in [-0.05, 0) is 55.7 Å². The van der Waals surface area contributed by atoms with Gasteiger partial charge in [-0.3, -0.25) is 4.79 Å². The predicted molar refractivity (Wildman–Crippen MR) is 119 cm³/mol. The molecule has 1 aliphatic rings. The summed E-state index contributed by atoms with van der Waals surface area (Å²) in [6.45, 7) is 3.36. The van der Waals surface area contributed by atoms with Crippen molar-refractivity contribution in [2.45, 2.75) is 32.7 Å². The summed E-state index contributed by atoms with van der Waals surface area (Å²) < 4.78 is 26.8. The van der Waals surface area contributed by atoms with E-state index in [2.05, 4.69) is 0 Å². The van der Waals surface area contributed by atoms with E-state index in [1.165, 1.54) is 12.1 Å². The Morgan fingerprint density at radius 1 is 1.16 bits per heavy atom. The van der Waals surface area contributed by atoms with E-state index in [9.17, 15) is 9.18 Å². The Bertz CT molecular complexity index is 1050. The number of para-hydroxylation sites is 1. The fourth-order valence-electron chi connectivity index (χ4n) is 3.63. The van der Waals surface area contributed by atoms with E-state index >= 15 is 0 Å². The van der Waals surface area contributed by atoms with Crippen molar-refractivity contribution >= 4 is 5.91 Å². The average molecular weight is 438 g/mol. The first-order valence-electron chi connectivity index (χ1n) is 11.0. The van der Waals surface area contributed by atoms with Gasteiger partial charge in [0.25, 0.3) is 0 Å². The Kier molecular flexibility index (Phi) is 6.85. The standard InChI is InChI=1S/C25H28FN3O3/c1-3-23-22(17-28(15-16-31-2)24(30)18-9-10-18)25(32-21-7-5-4-6-8-21)29(27-23)20-13-11-19(26)12-14-20/h4-8,11-14,18H,3,9-10,15-17H2,1-2H3. The second-order valence-electron chi connectivity index (χ2n) is 7.91. The van der Waals surface area contributed by atoms with Gasteiger partial charge < -0.3 is 14.4 Å². The molecule has 2 aromatic carbocycles. The predicted octanol–water partition coefficient (Wildman–Crippen LogP) is 4.75. The number of nitrogens with zero attached hydrogens (tertiary/aromatic N) is 3. The van der Waals surface area contributed by atoms with Crippen LogP contribution >= 0.6 is 0 Å². The molecule has 7 heteroatoms. The molecule has 0 aliphatic heterocycles. The minimum Gasteiger partial charge on any atom is -0.439 e. The summed E-state index contributed by atoms with van der Waals surface area (Å²) in [5, 5.41) is 4.78. The second kappa shape index (κ2) is 9.96. The van der Waals surface area contributed by atoms with Gasteiger partial charge >= 0.3 is 0 Å². The van der Waals surface area contributed by atoms with Crippen LogP contribution in [0.2, 0.25) is 0 Å². The molecule has 1 amide bonds. The van der Waals surface area contributed by atoms with Crippen LogP contribution in [0.4, 0.5) is 4.39 Å². The first-order chi connectivity index (χ1) is 15.6. The third-order valence-corrected chi connectivity index (χ3v) is 5.54. The van der Waals surface area contributed by atoms with Gasteiger partial charge in [0.15, 0.2) is 0 Å². The van der Waals surface area contributed by atoms with Gasteiger partial charge in [-0.2, -0.15) is 5.10 Å². The van der Waals surface area contributed by atoms with Gasteiger partial charge in [0.2, 0.25) is 11.8 Å². The molecule has 0 N–H and O–H groups in total. The van der Waals surface area contributed by atoms with E-state index in [4.69, 9.17) is 14.6 Å². The first-order valence-corrected chi connectivity index (χ1v) is 11.0. The summed E-state index contributed by atoms with van der Waals surface area (Å²) in [6.07, 6.45) is 2.54. The fourth-order valence-corrected chi connectivity index (χ4v) is 3.63. The van der Waals surface area contributed by atoms with Crippen LogP contribution in [0.15, 0.2) is 54.6 Å². The minimum atomic E-state index is -0.317. The monoisotopic (exact) mass is 437 g/mol. The number of aryl methyl sites for hydroxylation is 1. The third-order valence-electron chi connectivity index (χ3n) is 5.54. The van der Waals surface area contributed by atoms with Crippen molar-refractivity contribution in [1.82, 2.24) is 14.7 Å². The molecular weight excluding hydrogens is 409 g/mol. The van der Waals surface area contributed by atoms with Crippen molar-refractivity contribution in [3.05, 3.63) is 71.7 Å². The molecule has 1 aromatic heterocycles. The lowest BCUT2D eigenvalue weighted by molar-refractivity contribution is -0.133. The number of ether oxygens (including phenoxy) is 2. The molecule has 0 spiro atoms. The molecule has 32 heavy (non-hydrogen) atoms. The SMILES string of the molecule is CCc1nn(-c2ccc(F)cc2)c(Oc2ccccc2)c1CN(CCOC)C(=O)C1CC1. The van der Waals surface area contributed by atoms with Gasteiger partial charge in [-0.15, -0.1) is 0 Å². The van der Waals surface area contributed by atoms with Crippen LogP contribution in [-0.2, 0) is 22.5 Å². The molecule has 1 aliphatic carbocycles. The molecule has 0 radical (unpaired) electrons. The molecular formula is C25H28FN3O3. The van der Waals surface area contributed by atoms with Crippen LogP contribution in [0.1, 0.15) is 31.0 Å². The van der Waals surface area contributed by atoms with Crippen molar-refractivity contribution in [3.8, 4) is 17.3 Å². The smallest absolute Gasteiger partial charge is 0.227 e. The summed E-state index contributed by atoms with van der Waals surface area (Å²) in [4.78, 5) is 14.8. The summed E-state index contributed by atoms with van der Waals surface area (Å²) in [7, 11) is 1.63. The number of carbonyl (C=O) groups excluding carboxylic acids is 1. The van der Waals surface area contributed by atoms with Crippen molar-refractivity contribution in [2.75, 3.05) is 20.3 Å². The van der Waals surface area contributed by atoms with Crippen molar-refractivity contribution < 1.29 is 18.7 Å². The van der Waals surface area contributed by atoms with Crippen molar-refractivity contribution in [1.29, 1.82) is 0 Å². The summed E-state index contributed by atoms with van der Waals surface area (Å²) in [6, 6.07) is 15.6. The van der Waals surface area contributed by atoms with E-state index < -0.39 is 0 Å². The Morgan fingerprint density at radius 2 is 1.88 bits per heavy atom. The molecule has 0 saturated heterocycles. The Morgan fingerprint density at radius 3 is 2.50 bits per heavy atom. The van der Waals surface area contributed by atoms with Crippen molar-refractivity contribution in [3.63, 3.8) is 0 Å². The highest BCUT2D eigenvalue weighted by molar-refractivity contribution is 5.81. The van der Waals surface area contributed by atoms with Gasteiger partial charge in [-0.25, -0.2) is 9.07 Å². The number of carbonyl (C=O) groups is 1. The minimum absolute atomic E-state index is 0.0996. The van der Waals surface area contributed by atoms with Crippen LogP contribution in [0.3, 0.4) is 0 Å². The van der Waals surface area contributed by atoms with Crippen LogP contribution in [-0.4, -0.2) is 40.8 Å². The van der Waals surface area contributed by atoms with Crippen LogP contribution in [0.25, 0.3) is 5.69 Å². The molecule has 3 aromatic rings. The molecule has 168 valence electrons. The number of hydrogen-bond donors (Lipinski definition) is 0. The Balaban J connectivity index is 1.76. The third kappa shape index (κ3) is 4.99. The van der Waals surface area contributed by atoms with E-state index in [-0.39, 0.29) is 17.6 Å². The summed E-state index contributed by atoms with van der Waals surface area (Å²) in [5.74, 6) is 1.12. The zero-order valence-corrected chi connectivity index (χ0v) is 18.5. The highest BCUT2D eigenvalue weighted by Gasteiger charge is 2.34. The molecule has 0 unspecified atom stereocenters. The van der Waals surface area contributed by atoms with Gasteiger partial charge in [0.05, 0.1) is 30.1 Å². The van der Waals surface area contributed by atoms with E-state index in [0.717, 1.165) is 24.1 Å². The molecule has 0 bridgehead atoms. The van der Waals surface area contributed by atoms with Gasteiger partial charge in [-0.1, -0.05) is 25.1 Å². The second-order valence-corrected chi connectivity index (χ2v) is 7.91. The molecule has 1 saturated carbocycles. The Labute approximate surface area is 187 Å². The quantitative estimate of drug-likeness (QED) is 0.459. The highest BCUT2D eigenvalue weighted by atomic mass is 19.1. The molecule has 4 rings (SSSR count). The zero-order chi connectivity index (χ0) is 22.5. The number of methoxy groups -OCH3 is 1. The largest absolute Gasteiger partial charge is 0.439 e. The number of hydrogen-bond acceptors (Lipinski definition) is 4. The maximum atomic E-state index is 13.5. The number of aromatic nitrogens is 2. The molecule has 1 heterocycles. The van der Waals surface area contributed by atoms with Gasteiger partial charge in [0.1, 0.15) is 11.6 Å². The van der Waals surface area contributed by atoms with Gasteiger partial charge in [0, 0.05) is 19.6 Å². The van der Waals surface area contributed by atoms with E-state index in [1.807, 2.05) is 42.2 Å². The van der Waals surface area contributed by atoms with Crippen LogP contribution < -0.4 is 4.74 Å². The zero-order valence-electron chi connectivity index (χ0n) is 18.5. The normalized spacial score (nSPS) is 13.2. The molecule has 1 fully saturated rings. The number of halogens is 1. The summed E-state index contributed by atoms with van der Waals surface area (Å²) in [5.41, 5.74) is 2.38. The first kappa shape index (κ1) is 22.0. The number of rotatable bonds is 10. The van der Waals surface area contributed by atoms with Crippen LogP contribution in [0, 0.1) is 11.7 Å².